The van der Waals surface area contributed by atoms with Crippen LogP contribution in [0.2, 0.25) is 0 Å². The lowest BCUT2D eigenvalue weighted by atomic mass is 9.78. The molecule has 0 saturated carbocycles. The van der Waals surface area contributed by atoms with Crippen molar-refractivity contribution in [2.75, 3.05) is 26.3 Å². The first kappa shape index (κ1) is 12.1. The van der Waals surface area contributed by atoms with E-state index in [9.17, 15) is 0 Å². The van der Waals surface area contributed by atoms with Gasteiger partial charge in [-0.3, -0.25) is 0 Å². The number of rotatable bonds is 5. The van der Waals surface area contributed by atoms with Crippen molar-refractivity contribution in [1.29, 1.82) is 0 Å². The summed E-state index contributed by atoms with van der Waals surface area (Å²) in [6.45, 7) is 6.25. The van der Waals surface area contributed by atoms with Gasteiger partial charge in [0.15, 0.2) is 0 Å². The van der Waals surface area contributed by atoms with Crippen LogP contribution in [-0.4, -0.2) is 26.3 Å². The Balaban J connectivity index is 2.06. The average Bonchev–Trinajstić information content (AvgIpc) is 2.85. The Morgan fingerprint density at radius 3 is 2.88 bits per heavy atom. The Morgan fingerprint density at radius 2 is 2.25 bits per heavy atom. The highest BCUT2D eigenvalue weighted by molar-refractivity contribution is 7.10. The van der Waals surface area contributed by atoms with E-state index in [2.05, 4.69) is 29.8 Å². The van der Waals surface area contributed by atoms with Crippen LogP contribution in [0.3, 0.4) is 0 Å². The van der Waals surface area contributed by atoms with E-state index >= 15 is 0 Å². The largest absolute Gasteiger partial charge is 0.381 e. The lowest BCUT2D eigenvalue weighted by molar-refractivity contribution is 0.0512. The molecular formula is C13H21NOS. The highest BCUT2D eigenvalue weighted by atomic mass is 32.1. The van der Waals surface area contributed by atoms with Crippen molar-refractivity contribution < 1.29 is 4.74 Å². The topological polar surface area (TPSA) is 21.3 Å². The molecule has 0 atom stereocenters. The van der Waals surface area contributed by atoms with Crippen molar-refractivity contribution in [3.8, 4) is 0 Å². The van der Waals surface area contributed by atoms with E-state index in [1.54, 1.807) is 0 Å². The second-order valence-electron chi connectivity index (χ2n) is 4.55. The van der Waals surface area contributed by atoms with Crippen LogP contribution >= 0.6 is 11.3 Å². The zero-order valence-electron chi connectivity index (χ0n) is 10.00. The summed E-state index contributed by atoms with van der Waals surface area (Å²) in [7, 11) is 0. The van der Waals surface area contributed by atoms with Crippen LogP contribution in [0, 0.1) is 0 Å². The van der Waals surface area contributed by atoms with Crippen molar-refractivity contribution in [3.63, 3.8) is 0 Å². The van der Waals surface area contributed by atoms with Gasteiger partial charge in [-0.05, 0) is 37.3 Å². The standard InChI is InChI=1S/C13H21NOS/c1-2-7-14-11-13(5-8-15-9-6-13)12-4-3-10-16-12/h3-4,10,14H,2,5-9,11H2,1H3. The Labute approximate surface area is 102 Å². The van der Waals surface area contributed by atoms with Crippen LogP contribution in [0.1, 0.15) is 31.1 Å². The fourth-order valence-electron chi connectivity index (χ4n) is 2.36. The molecule has 1 aromatic heterocycles. The van der Waals surface area contributed by atoms with Crippen molar-refractivity contribution >= 4 is 11.3 Å². The lowest BCUT2D eigenvalue weighted by Gasteiger charge is -2.36. The Bertz CT molecular complexity index is 291. The summed E-state index contributed by atoms with van der Waals surface area (Å²) < 4.78 is 5.51. The van der Waals surface area contributed by atoms with Crippen LogP contribution in [0.5, 0.6) is 0 Å². The first-order chi connectivity index (χ1) is 7.87. The quantitative estimate of drug-likeness (QED) is 0.798. The van der Waals surface area contributed by atoms with Gasteiger partial charge in [0, 0.05) is 30.1 Å². The molecule has 2 nitrogen and oxygen atoms in total. The summed E-state index contributed by atoms with van der Waals surface area (Å²) in [4.78, 5) is 1.53. The van der Waals surface area contributed by atoms with E-state index < -0.39 is 0 Å². The molecule has 0 unspecified atom stereocenters. The monoisotopic (exact) mass is 239 g/mol. The molecule has 1 aliphatic heterocycles. The van der Waals surface area contributed by atoms with Gasteiger partial charge in [-0.2, -0.15) is 0 Å². The van der Waals surface area contributed by atoms with Gasteiger partial charge in [-0.15, -0.1) is 11.3 Å². The Hall–Kier alpha value is -0.380. The maximum Gasteiger partial charge on any atom is 0.0475 e. The highest BCUT2D eigenvalue weighted by Gasteiger charge is 2.34. The van der Waals surface area contributed by atoms with Gasteiger partial charge >= 0.3 is 0 Å². The minimum Gasteiger partial charge on any atom is -0.381 e. The highest BCUT2D eigenvalue weighted by Crippen LogP contribution is 2.36. The van der Waals surface area contributed by atoms with Gasteiger partial charge in [0.1, 0.15) is 0 Å². The molecule has 1 fully saturated rings. The second kappa shape index (κ2) is 5.80. The SMILES string of the molecule is CCCNCC1(c2cccs2)CCOCC1. The van der Waals surface area contributed by atoms with Crippen LogP contribution in [0.25, 0.3) is 0 Å². The molecule has 2 heterocycles. The van der Waals surface area contributed by atoms with Gasteiger partial charge in [0.25, 0.3) is 0 Å². The van der Waals surface area contributed by atoms with Crippen molar-refractivity contribution in [2.45, 2.75) is 31.6 Å². The lowest BCUT2D eigenvalue weighted by Crippen LogP contribution is -2.42. The van der Waals surface area contributed by atoms with E-state index in [0.29, 0.717) is 5.41 Å². The zero-order valence-corrected chi connectivity index (χ0v) is 10.8. The number of nitrogens with one attached hydrogen (secondary N) is 1. The molecule has 0 bridgehead atoms. The molecule has 0 spiro atoms. The maximum atomic E-state index is 5.51. The van der Waals surface area contributed by atoms with Gasteiger partial charge in [-0.1, -0.05) is 13.0 Å². The molecule has 1 aliphatic rings. The molecular weight excluding hydrogens is 218 g/mol. The summed E-state index contributed by atoms with van der Waals surface area (Å²) in [5.74, 6) is 0. The summed E-state index contributed by atoms with van der Waals surface area (Å²) in [6.07, 6.45) is 3.52. The molecule has 0 amide bonds. The normalized spacial score (nSPS) is 19.8. The van der Waals surface area contributed by atoms with Crippen LogP contribution in [0.15, 0.2) is 17.5 Å². The smallest absolute Gasteiger partial charge is 0.0475 e. The van der Waals surface area contributed by atoms with Crippen LogP contribution in [0.4, 0.5) is 0 Å². The Kier molecular flexibility index (Phi) is 4.38. The molecule has 1 N–H and O–H groups in total. The molecule has 1 aromatic rings. The first-order valence-electron chi connectivity index (χ1n) is 6.20. The molecule has 0 aliphatic carbocycles. The molecule has 0 aromatic carbocycles. The van der Waals surface area contributed by atoms with E-state index in [0.717, 1.165) is 39.1 Å². The van der Waals surface area contributed by atoms with E-state index in [1.165, 1.54) is 11.3 Å². The van der Waals surface area contributed by atoms with Gasteiger partial charge in [0.2, 0.25) is 0 Å². The molecule has 1 saturated heterocycles. The third-order valence-electron chi connectivity index (χ3n) is 3.38. The fourth-order valence-corrected chi connectivity index (χ4v) is 3.34. The van der Waals surface area contributed by atoms with Crippen molar-refractivity contribution in [1.82, 2.24) is 5.32 Å². The van der Waals surface area contributed by atoms with Crippen molar-refractivity contribution in [3.05, 3.63) is 22.4 Å². The summed E-state index contributed by atoms with van der Waals surface area (Å²) >= 11 is 1.89. The predicted molar refractivity (Wildman–Crippen MR) is 69.2 cm³/mol. The third-order valence-corrected chi connectivity index (χ3v) is 4.50. The van der Waals surface area contributed by atoms with Crippen LogP contribution in [-0.2, 0) is 10.2 Å². The number of ether oxygens (including phenoxy) is 1. The van der Waals surface area contributed by atoms with E-state index in [4.69, 9.17) is 4.74 Å². The molecule has 3 heteroatoms. The average molecular weight is 239 g/mol. The predicted octanol–water partition coefficient (Wildman–Crippen LogP) is 2.80. The first-order valence-corrected chi connectivity index (χ1v) is 7.08. The second-order valence-corrected chi connectivity index (χ2v) is 5.49. The van der Waals surface area contributed by atoms with Gasteiger partial charge in [-0.25, -0.2) is 0 Å². The molecule has 0 radical (unpaired) electrons. The van der Waals surface area contributed by atoms with E-state index in [1.807, 2.05) is 11.3 Å². The minimum atomic E-state index is 0.335. The summed E-state index contributed by atoms with van der Waals surface area (Å²) in [5.41, 5.74) is 0.335. The number of hydrogen-bond acceptors (Lipinski definition) is 3. The van der Waals surface area contributed by atoms with Crippen molar-refractivity contribution in [2.24, 2.45) is 0 Å². The number of thiophene rings is 1. The summed E-state index contributed by atoms with van der Waals surface area (Å²) in [5, 5.41) is 5.77. The third kappa shape index (κ3) is 2.65. The fraction of sp³-hybridized carbons (Fsp3) is 0.692. The Morgan fingerprint density at radius 1 is 1.44 bits per heavy atom. The summed E-state index contributed by atoms with van der Waals surface area (Å²) in [6, 6.07) is 4.45. The van der Waals surface area contributed by atoms with Crippen LogP contribution < -0.4 is 5.32 Å². The van der Waals surface area contributed by atoms with E-state index in [-0.39, 0.29) is 0 Å². The van der Waals surface area contributed by atoms with Gasteiger partial charge < -0.3 is 10.1 Å². The number of hydrogen-bond donors (Lipinski definition) is 1. The molecule has 2 rings (SSSR count). The van der Waals surface area contributed by atoms with Gasteiger partial charge in [0.05, 0.1) is 0 Å². The zero-order chi connectivity index (χ0) is 11.3. The molecule has 16 heavy (non-hydrogen) atoms. The molecule has 90 valence electrons. The minimum absolute atomic E-state index is 0.335. The maximum absolute atomic E-state index is 5.51.